The molecule has 0 heterocycles. The van der Waals surface area contributed by atoms with Crippen molar-refractivity contribution >= 4 is 23.6 Å². The Labute approximate surface area is 131 Å². The maximum absolute atomic E-state index is 11.6. The molecule has 104 valence electrons. The Hall–Kier alpha value is -1.79. The summed E-state index contributed by atoms with van der Waals surface area (Å²) in [6.45, 7) is 0. The minimum absolute atomic E-state index is 0.575. The van der Waals surface area contributed by atoms with Crippen molar-refractivity contribution in [2.75, 3.05) is 0 Å². The molecule has 0 atom stereocenters. The van der Waals surface area contributed by atoms with Gasteiger partial charge in [0, 0.05) is 0 Å². The summed E-state index contributed by atoms with van der Waals surface area (Å²) in [6.07, 6.45) is 0. The minimum atomic E-state index is -3.38. The van der Waals surface area contributed by atoms with E-state index in [1.807, 2.05) is 48.5 Å². The van der Waals surface area contributed by atoms with Gasteiger partial charge in [-0.2, -0.15) is 0 Å². The first kappa shape index (κ1) is 14.2. The fraction of sp³-hybridized carbons (Fsp3) is 0. The molecule has 0 aliphatic heterocycles. The molecule has 3 aromatic carbocycles. The van der Waals surface area contributed by atoms with E-state index in [0.29, 0.717) is 3.61 Å². The zero-order valence-corrected chi connectivity index (χ0v) is 13.6. The van der Waals surface area contributed by atoms with Crippen molar-refractivity contribution in [1.29, 1.82) is 0 Å². The Balaban J connectivity index is 2.11. The molecule has 0 radical (unpaired) electrons. The Morgan fingerprint density at radius 2 is 1.29 bits per heavy atom. The van der Waals surface area contributed by atoms with Gasteiger partial charge in [-0.3, -0.25) is 0 Å². The van der Waals surface area contributed by atoms with Crippen molar-refractivity contribution in [1.82, 2.24) is 0 Å². The molecular formula is C18H14O2Te. The molecule has 0 aliphatic rings. The third-order valence-electron chi connectivity index (χ3n) is 3.36. The second-order valence-corrected chi connectivity index (χ2v) is 7.37. The van der Waals surface area contributed by atoms with Crippen LogP contribution in [0.3, 0.4) is 0 Å². The van der Waals surface area contributed by atoms with Gasteiger partial charge in [-0.1, -0.05) is 0 Å². The molecule has 21 heavy (non-hydrogen) atoms. The molecule has 0 spiro atoms. The molecule has 0 bridgehead atoms. The Bertz CT molecular complexity index is 782. The van der Waals surface area contributed by atoms with Crippen LogP contribution >= 0.6 is 0 Å². The van der Waals surface area contributed by atoms with Crippen LogP contribution in [0.1, 0.15) is 0 Å². The summed E-state index contributed by atoms with van der Waals surface area (Å²) in [6, 6.07) is 25.6. The van der Waals surface area contributed by atoms with E-state index in [1.165, 1.54) is 0 Å². The maximum atomic E-state index is 11.6. The summed E-state index contributed by atoms with van der Waals surface area (Å²) < 4.78 is 21.7. The monoisotopic (exact) mass is 392 g/mol. The topological polar surface area (TPSA) is 37.3 Å². The molecule has 3 rings (SSSR count). The van der Waals surface area contributed by atoms with Gasteiger partial charge in [-0.25, -0.2) is 0 Å². The van der Waals surface area contributed by atoms with Crippen LogP contribution in [0.5, 0.6) is 0 Å². The van der Waals surface area contributed by atoms with Crippen molar-refractivity contribution in [3.05, 3.63) is 78.9 Å². The molecule has 2 nitrogen and oxygen atoms in total. The average Bonchev–Trinajstić information content (AvgIpc) is 2.56. The number of hydrogen-bond acceptors (Lipinski definition) is 1. The number of hydrogen-bond donors (Lipinski definition) is 1. The van der Waals surface area contributed by atoms with Crippen molar-refractivity contribution in [3.8, 4) is 22.3 Å². The summed E-state index contributed by atoms with van der Waals surface area (Å²) in [4.78, 5) is 0. The molecule has 0 fully saturated rings. The fourth-order valence-electron chi connectivity index (χ4n) is 2.35. The summed E-state index contributed by atoms with van der Waals surface area (Å²) in [7, 11) is 0. The van der Waals surface area contributed by atoms with Gasteiger partial charge in [-0.05, 0) is 0 Å². The molecule has 0 amide bonds. The Morgan fingerprint density at radius 1 is 0.667 bits per heavy atom. The van der Waals surface area contributed by atoms with Crippen molar-refractivity contribution in [2.24, 2.45) is 0 Å². The Kier molecular flexibility index (Phi) is 4.26. The van der Waals surface area contributed by atoms with Gasteiger partial charge in [0.2, 0.25) is 0 Å². The molecule has 1 N–H and O–H groups in total. The molecular weight excluding hydrogens is 376 g/mol. The van der Waals surface area contributed by atoms with E-state index in [0.717, 1.165) is 22.3 Å². The number of benzene rings is 3. The zero-order valence-electron chi connectivity index (χ0n) is 11.3. The molecule has 3 heteroatoms. The Morgan fingerprint density at radius 3 is 2.05 bits per heavy atom. The zero-order chi connectivity index (χ0) is 14.7. The molecule has 3 aromatic rings. The van der Waals surface area contributed by atoms with Gasteiger partial charge in [0.25, 0.3) is 0 Å². The van der Waals surface area contributed by atoms with E-state index in [-0.39, 0.29) is 0 Å². The molecule has 0 aromatic heterocycles. The van der Waals surface area contributed by atoms with Gasteiger partial charge in [0.15, 0.2) is 0 Å². The van der Waals surface area contributed by atoms with Crippen LogP contribution in [-0.4, -0.2) is 23.4 Å². The normalized spacial score (nSPS) is 10.8. The SMILES string of the molecule is O=[Te](O)c1ccccc1-c1cccc(-c2ccccc2)c1. The second-order valence-electron chi connectivity index (χ2n) is 4.69. The van der Waals surface area contributed by atoms with E-state index >= 15 is 0 Å². The van der Waals surface area contributed by atoms with E-state index < -0.39 is 19.9 Å². The predicted octanol–water partition coefficient (Wildman–Crippen LogP) is 3.14. The molecule has 0 aliphatic carbocycles. The van der Waals surface area contributed by atoms with E-state index in [2.05, 4.69) is 24.3 Å². The summed E-state index contributed by atoms with van der Waals surface area (Å²) >= 11 is -3.38. The van der Waals surface area contributed by atoms with E-state index in [4.69, 9.17) is 0 Å². The molecule has 0 unspecified atom stereocenters. The van der Waals surface area contributed by atoms with Crippen LogP contribution in [0.25, 0.3) is 22.3 Å². The van der Waals surface area contributed by atoms with Crippen molar-refractivity contribution < 1.29 is 6.58 Å². The van der Waals surface area contributed by atoms with Crippen LogP contribution in [0.2, 0.25) is 0 Å². The van der Waals surface area contributed by atoms with Gasteiger partial charge in [-0.15, -0.1) is 0 Å². The van der Waals surface area contributed by atoms with Gasteiger partial charge in [0.05, 0.1) is 0 Å². The van der Waals surface area contributed by atoms with Gasteiger partial charge >= 0.3 is 131 Å². The predicted molar refractivity (Wildman–Crippen MR) is 85.6 cm³/mol. The van der Waals surface area contributed by atoms with Crippen LogP contribution in [0, 0.1) is 0 Å². The first-order valence-corrected chi connectivity index (χ1v) is 9.77. The second kappa shape index (κ2) is 6.32. The van der Waals surface area contributed by atoms with Gasteiger partial charge < -0.3 is 0 Å². The quantitative estimate of drug-likeness (QED) is 0.699. The van der Waals surface area contributed by atoms with Crippen molar-refractivity contribution in [3.63, 3.8) is 0 Å². The third-order valence-corrected chi connectivity index (χ3v) is 5.45. The molecule has 0 saturated carbocycles. The summed E-state index contributed by atoms with van der Waals surface area (Å²) in [5, 5.41) is 0. The summed E-state index contributed by atoms with van der Waals surface area (Å²) in [5.41, 5.74) is 4.07. The van der Waals surface area contributed by atoms with Gasteiger partial charge in [0.1, 0.15) is 0 Å². The first-order chi connectivity index (χ1) is 10.3. The van der Waals surface area contributed by atoms with Crippen LogP contribution in [0.15, 0.2) is 78.9 Å². The molecule has 0 saturated heterocycles. The van der Waals surface area contributed by atoms with E-state index in [9.17, 15) is 6.58 Å². The fourth-order valence-corrected chi connectivity index (χ4v) is 3.98. The van der Waals surface area contributed by atoms with Crippen LogP contribution in [0.4, 0.5) is 0 Å². The number of rotatable bonds is 3. The third kappa shape index (κ3) is 3.11. The van der Waals surface area contributed by atoms with Crippen LogP contribution in [-0.2, 0) is 3.10 Å². The van der Waals surface area contributed by atoms with Crippen molar-refractivity contribution in [2.45, 2.75) is 0 Å². The summed E-state index contributed by atoms with van der Waals surface area (Å²) in [5.74, 6) is 0. The van der Waals surface area contributed by atoms with Crippen LogP contribution < -0.4 is 3.61 Å². The van der Waals surface area contributed by atoms with E-state index in [1.54, 1.807) is 6.07 Å². The standard InChI is InChI=1S/C18H14O2Te/c19-21(20)18-12-5-4-11-17(18)16-10-6-9-15(13-16)14-7-2-1-3-8-14/h1-13H,(H,19,20). The first-order valence-electron chi connectivity index (χ1n) is 6.61. The average molecular weight is 390 g/mol.